The van der Waals surface area contributed by atoms with Crippen LogP contribution in [0, 0.1) is 5.92 Å². The molecule has 0 saturated carbocycles. The summed E-state index contributed by atoms with van der Waals surface area (Å²) in [6.07, 6.45) is 0.714. The van der Waals surface area contributed by atoms with Gasteiger partial charge in [0, 0.05) is 19.6 Å². The highest BCUT2D eigenvalue weighted by Crippen LogP contribution is 2.15. The van der Waals surface area contributed by atoms with Crippen LogP contribution in [-0.2, 0) is 0 Å². The molecule has 0 aromatic heterocycles. The van der Waals surface area contributed by atoms with E-state index in [9.17, 15) is 5.11 Å². The summed E-state index contributed by atoms with van der Waals surface area (Å²) in [5, 5.41) is 18.0. The first kappa shape index (κ1) is 8.97. The monoisotopic (exact) mass is 159 g/mol. The van der Waals surface area contributed by atoms with Crippen molar-refractivity contribution in [3.63, 3.8) is 0 Å². The molecule has 0 amide bonds. The van der Waals surface area contributed by atoms with Crippen molar-refractivity contribution < 1.29 is 10.2 Å². The van der Waals surface area contributed by atoms with Crippen LogP contribution >= 0.6 is 0 Å². The van der Waals surface area contributed by atoms with Gasteiger partial charge in [-0.05, 0) is 12.3 Å². The fourth-order valence-electron chi connectivity index (χ4n) is 1.56. The minimum atomic E-state index is -0.134. The van der Waals surface area contributed by atoms with E-state index in [1.54, 1.807) is 0 Å². The fraction of sp³-hybridized carbons (Fsp3) is 1.00. The second kappa shape index (κ2) is 4.04. The lowest BCUT2D eigenvalue weighted by Crippen LogP contribution is -2.42. The number of hydrogen-bond acceptors (Lipinski definition) is 3. The molecule has 0 aromatic carbocycles. The molecule has 1 saturated heterocycles. The third-order valence-electron chi connectivity index (χ3n) is 2.36. The van der Waals surface area contributed by atoms with Crippen molar-refractivity contribution in [2.24, 2.45) is 5.92 Å². The molecule has 2 N–H and O–H groups in total. The molecule has 3 nitrogen and oxygen atoms in total. The first-order chi connectivity index (χ1) is 5.24. The van der Waals surface area contributed by atoms with Crippen LogP contribution in [-0.4, -0.2) is 47.5 Å². The topological polar surface area (TPSA) is 43.7 Å². The normalized spacial score (nSPS) is 34.1. The Hall–Kier alpha value is -0.120. The Morgan fingerprint density at radius 1 is 1.55 bits per heavy atom. The standard InChI is InChI=1S/C8H17NO2/c1-7-6-9(4-5-10)3-2-8(7)11/h7-8,10-11H,2-6H2,1H3/t7-,8+/m0/s1. The zero-order valence-corrected chi connectivity index (χ0v) is 7.03. The van der Waals surface area contributed by atoms with Gasteiger partial charge in [0.1, 0.15) is 0 Å². The largest absolute Gasteiger partial charge is 0.395 e. The predicted molar refractivity (Wildman–Crippen MR) is 43.3 cm³/mol. The summed E-state index contributed by atoms with van der Waals surface area (Å²) in [6, 6.07) is 0. The van der Waals surface area contributed by atoms with E-state index in [0.29, 0.717) is 5.92 Å². The van der Waals surface area contributed by atoms with Gasteiger partial charge >= 0.3 is 0 Å². The Balaban J connectivity index is 2.28. The third kappa shape index (κ3) is 2.43. The van der Waals surface area contributed by atoms with E-state index in [-0.39, 0.29) is 12.7 Å². The van der Waals surface area contributed by atoms with Crippen molar-refractivity contribution in [2.45, 2.75) is 19.4 Å². The molecule has 2 atom stereocenters. The molecule has 66 valence electrons. The zero-order chi connectivity index (χ0) is 8.27. The second-order valence-electron chi connectivity index (χ2n) is 3.36. The van der Waals surface area contributed by atoms with E-state index in [4.69, 9.17) is 5.11 Å². The summed E-state index contributed by atoms with van der Waals surface area (Å²) < 4.78 is 0. The molecule has 1 heterocycles. The SMILES string of the molecule is C[C@H]1CN(CCO)CC[C@H]1O. The average molecular weight is 159 g/mol. The lowest BCUT2D eigenvalue weighted by Gasteiger charge is -2.33. The predicted octanol–water partition coefficient (Wildman–Crippen LogP) is -0.319. The smallest absolute Gasteiger partial charge is 0.0590 e. The molecule has 11 heavy (non-hydrogen) atoms. The van der Waals surface area contributed by atoms with Gasteiger partial charge in [0.05, 0.1) is 12.7 Å². The van der Waals surface area contributed by atoms with Gasteiger partial charge in [-0.1, -0.05) is 6.92 Å². The number of nitrogens with zero attached hydrogens (tertiary/aromatic N) is 1. The quantitative estimate of drug-likeness (QED) is 0.580. The van der Waals surface area contributed by atoms with E-state index >= 15 is 0 Å². The lowest BCUT2D eigenvalue weighted by atomic mass is 9.97. The van der Waals surface area contributed by atoms with Gasteiger partial charge in [-0.3, -0.25) is 0 Å². The summed E-state index contributed by atoms with van der Waals surface area (Å²) in [7, 11) is 0. The molecule has 0 aliphatic carbocycles. The van der Waals surface area contributed by atoms with Crippen LogP contribution < -0.4 is 0 Å². The maximum Gasteiger partial charge on any atom is 0.0590 e. The summed E-state index contributed by atoms with van der Waals surface area (Å²) in [5.74, 6) is 0.357. The number of likely N-dealkylation sites (tertiary alicyclic amines) is 1. The van der Waals surface area contributed by atoms with Crippen molar-refractivity contribution in [1.82, 2.24) is 4.90 Å². The molecule has 1 fully saturated rings. The van der Waals surface area contributed by atoms with Crippen LogP contribution in [0.4, 0.5) is 0 Å². The zero-order valence-electron chi connectivity index (χ0n) is 7.03. The third-order valence-corrected chi connectivity index (χ3v) is 2.36. The molecular formula is C8H17NO2. The molecule has 1 rings (SSSR count). The minimum absolute atomic E-state index is 0.134. The van der Waals surface area contributed by atoms with Crippen LogP contribution in [0.3, 0.4) is 0 Å². The van der Waals surface area contributed by atoms with Gasteiger partial charge in [0.2, 0.25) is 0 Å². The number of rotatable bonds is 2. The van der Waals surface area contributed by atoms with Crippen molar-refractivity contribution in [2.75, 3.05) is 26.2 Å². The van der Waals surface area contributed by atoms with Crippen molar-refractivity contribution in [1.29, 1.82) is 0 Å². The first-order valence-corrected chi connectivity index (χ1v) is 4.25. The van der Waals surface area contributed by atoms with E-state index in [1.807, 2.05) is 6.92 Å². The maximum absolute atomic E-state index is 9.37. The number of aliphatic hydroxyl groups excluding tert-OH is 2. The average Bonchev–Trinajstić information content (AvgIpc) is 1.98. The van der Waals surface area contributed by atoms with Gasteiger partial charge in [0.25, 0.3) is 0 Å². The van der Waals surface area contributed by atoms with Crippen molar-refractivity contribution in [3.8, 4) is 0 Å². The van der Waals surface area contributed by atoms with Crippen molar-refractivity contribution in [3.05, 3.63) is 0 Å². The molecular weight excluding hydrogens is 142 g/mol. The van der Waals surface area contributed by atoms with Gasteiger partial charge in [-0.15, -0.1) is 0 Å². The number of aliphatic hydroxyl groups is 2. The summed E-state index contributed by atoms with van der Waals surface area (Å²) in [4.78, 5) is 2.19. The number of piperidine rings is 1. The molecule has 0 unspecified atom stereocenters. The Morgan fingerprint density at radius 3 is 2.82 bits per heavy atom. The lowest BCUT2D eigenvalue weighted by molar-refractivity contribution is 0.0290. The number of hydrogen-bond donors (Lipinski definition) is 2. The van der Waals surface area contributed by atoms with E-state index in [0.717, 1.165) is 26.1 Å². The molecule has 0 aromatic rings. The van der Waals surface area contributed by atoms with Crippen LogP contribution in [0.2, 0.25) is 0 Å². The van der Waals surface area contributed by atoms with Gasteiger partial charge in [-0.2, -0.15) is 0 Å². The molecule has 0 bridgehead atoms. The highest BCUT2D eigenvalue weighted by atomic mass is 16.3. The molecule has 0 spiro atoms. The highest BCUT2D eigenvalue weighted by Gasteiger charge is 2.23. The molecule has 1 aliphatic heterocycles. The fourth-order valence-corrected chi connectivity index (χ4v) is 1.56. The Morgan fingerprint density at radius 2 is 2.27 bits per heavy atom. The van der Waals surface area contributed by atoms with Crippen LogP contribution in [0.15, 0.2) is 0 Å². The summed E-state index contributed by atoms with van der Waals surface area (Å²) in [5.41, 5.74) is 0. The molecule has 0 radical (unpaired) electrons. The number of β-amino-alcohol motifs (C(OH)–C–C–N with tert-alkyl or cyclic N) is 1. The second-order valence-corrected chi connectivity index (χ2v) is 3.36. The van der Waals surface area contributed by atoms with Crippen LogP contribution in [0.25, 0.3) is 0 Å². The van der Waals surface area contributed by atoms with Gasteiger partial charge in [0.15, 0.2) is 0 Å². The van der Waals surface area contributed by atoms with Crippen LogP contribution in [0.1, 0.15) is 13.3 Å². The van der Waals surface area contributed by atoms with Crippen molar-refractivity contribution >= 4 is 0 Å². The minimum Gasteiger partial charge on any atom is -0.395 e. The molecule has 1 aliphatic rings. The Bertz CT molecular complexity index is 119. The van der Waals surface area contributed by atoms with E-state index < -0.39 is 0 Å². The highest BCUT2D eigenvalue weighted by molar-refractivity contribution is 4.76. The summed E-state index contributed by atoms with van der Waals surface area (Å²) >= 11 is 0. The van der Waals surface area contributed by atoms with Crippen LogP contribution in [0.5, 0.6) is 0 Å². The maximum atomic E-state index is 9.37. The van der Waals surface area contributed by atoms with Gasteiger partial charge < -0.3 is 15.1 Å². The Kier molecular flexibility index (Phi) is 3.30. The van der Waals surface area contributed by atoms with E-state index in [1.165, 1.54) is 0 Å². The van der Waals surface area contributed by atoms with E-state index in [2.05, 4.69) is 4.90 Å². The Labute approximate surface area is 67.6 Å². The molecule has 3 heteroatoms. The summed E-state index contributed by atoms with van der Waals surface area (Å²) in [6.45, 7) is 4.86. The van der Waals surface area contributed by atoms with Gasteiger partial charge in [-0.25, -0.2) is 0 Å². The first-order valence-electron chi connectivity index (χ1n) is 4.25.